The maximum Gasteiger partial charge on any atom is 0.122 e. The van der Waals surface area contributed by atoms with E-state index in [-0.39, 0.29) is 0 Å². The molecule has 0 fully saturated rings. The molecule has 0 saturated heterocycles. The first-order valence-corrected chi connectivity index (χ1v) is 7.46. The Hall–Kier alpha value is -2.22. The fraction of sp³-hybridized carbons (Fsp3) is 0.263. The van der Waals surface area contributed by atoms with E-state index in [1.165, 1.54) is 27.6 Å². The van der Waals surface area contributed by atoms with Crippen LogP contribution in [0.1, 0.15) is 23.6 Å². The third-order valence-electron chi connectivity index (χ3n) is 4.01. The van der Waals surface area contributed by atoms with E-state index in [9.17, 15) is 0 Å². The Bertz CT molecular complexity index is 770. The molecule has 1 heterocycles. The monoisotopic (exact) mass is 279 g/mol. The second-order valence-electron chi connectivity index (χ2n) is 5.46. The highest BCUT2D eigenvalue weighted by Crippen LogP contribution is 2.27. The molecule has 2 aromatic carbocycles. The van der Waals surface area contributed by atoms with Crippen molar-refractivity contribution in [1.29, 1.82) is 0 Å². The zero-order valence-electron chi connectivity index (χ0n) is 12.9. The summed E-state index contributed by atoms with van der Waals surface area (Å²) in [5, 5.41) is 1.33. The van der Waals surface area contributed by atoms with Gasteiger partial charge in [-0.1, -0.05) is 30.3 Å². The van der Waals surface area contributed by atoms with Gasteiger partial charge in [-0.25, -0.2) is 0 Å². The summed E-state index contributed by atoms with van der Waals surface area (Å²) >= 11 is 0. The zero-order chi connectivity index (χ0) is 14.8. The fourth-order valence-corrected chi connectivity index (χ4v) is 2.88. The molecule has 0 bridgehead atoms. The molecule has 3 rings (SSSR count). The number of para-hydroxylation sites is 1. The predicted molar refractivity (Wildman–Crippen MR) is 87.9 cm³/mol. The van der Waals surface area contributed by atoms with Gasteiger partial charge in [0.2, 0.25) is 0 Å². The van der Waals surface area contributed by atoms with E-state index in [0.717, 1.165) is 12.3 Å². The van der Waals surface area contributed by atoms with Crippen LogP contribution in [0.15, 0.2) is 48.7 Å². The Morgan fingerprint density at radius 2 is 1.71 bits per heavy atom. The number of aryl methyl sites for hydroxylation is 3. The lowest BCUT2D eigenvalue weighted by atomic mass is 10.1. The van der Waals surface area contributed by atoms with Crippen molar-refractivity contribution in [3.63, 3.8) is 0 Å². The Labute approximate surface area is 126 Å². The topological polar surface area (TPSA) is 14.2 Å². The standard InChI is InChI=1S/C19H21NO/c1-4-20-12-16(19-15(3)9-7-10-17(19)20)13-21-18-11-6-5-8-14(18)2/h5-12H,4,13H2,1-3H3. The van der Waals surface area contributed by atoms with E-state index in [1.54, 1.807) is 0 Å². The Balaban J connectivity index is 1.96. The van der Waals surface area contributed by atoms with Crippen molar-refractivity contribution in [2.45, 2.75) is 33.9 Å². The number of rotatable bonds is 4. The molecule has 1 aromatic heterocycles. The number of benzene rings is 2. The lowest BCUT2D eigenvalue weighted by molar-refractivity contribution is 0.305. The maximum atomic E-state index is 6.03. The molecule has 0 saturated carbocycles. The van der Waals surface area contributed by atoms with Crippen LogP contribution >= 0.6 is 0 Å². The first-order chi connectivity index (χ1) is 10.2. The number of hydrogen-bond acceptors (Lipinski definition) is 1. The van der Waals surface area contributed by atoms with Crippen LogP contribution in [0.2, 0.25) is 0 Å². The van der Waals surface area contributed by atoms with Gasteiger partial charge in [0.15, 0.2) is 0 Å². The molecule has 0 aliphatic carbocycles. The number of nitrogens with zero attached hydrogens (tertiary/aromatic N) is 1. The van der Waals surface area contributed by atoms with Crippen LogP contribution in [0.5, 0.6) is 5.75 Å². The molecular weight excluding hydrogens is 258 g/mol. The third-order valence-corrected chi connectivity index (χ3v) is 4.01. The smallest absolute Gasteiger partial charge is 0.122 e. The molecule has 0 atom stereocenters. The summed E-state index contributed by atoms with van der Waals surface area (Å²) in [6, 6.07) is 14.6. The summed E-state index contributed by atoms with van der Waals surface area (Å²) in [5.74, 6) is 0.962. The Morgan fingerprint density at radius 3 is 2.48 bits per heavy atom. The van der Waals surface area contributed by atoms with Crippen LogP contribution in [0.4, 0.5) is 0 Å². The van der Waals surface area contributed by atoms with Crippen molar-refractivity contribution in [2.75, 3.05) is 0 Å². The lowest BCUT2D eigenvalue weighted by Crippen LogP contribution is -1.97. The first-order valence-electron chi connectivity index (χ1n) is 7.46. The summed E-state index contributed by atoms with van der Waals surface area (Å²) in [7, 11) is 0. The number of ether oxygens (including phenoxy) is 1. The molecule has 0 N–H and O–H groups in total. The van der Waals surface area contributed by atoms with Gasteiger partial charge in [-0.3, -0.25) is 0 Å². The minimum atomic E-state index is 0.610. The average molecular weight is 279 g/mol. The number of fused-ring (bicyclic) bond motifs is 1. The minimum Gasteiger partial charge on any atom is -0.489 e. The molecule has 21 heavy (non-hydrogen) atoms. The summed E-state index contributed by atoms with van der Waals surface area (Å²) < 4.78 is 8.32. The molecule has 0 aliphatic rings. The van der Waals surface area contributed by atoms with Crippen LogP contribution in [0.25, 0.3) is 10.9 Å². The van der Waals surface area contributed by atoms with Crippen LogP contribution in [-0.4, -0.2) is 4.57 Å². The van der Waals surface area contributed by atoms with Gasteiger partial charge < -0.3 is 9.30 Å². The zero-order valence-corrected chi connectivity index (χ0v) is 12.9. The maximum absolute atomic E-state index is 6.03. The van der Waals surface area contributed by atoms with Gasteiger partial charge in [-0.15, -0.1) is 0 Å². The highest BCUT2D eigenvalue weighted by atomic mass is 16.5. The highest BCUT2D eigenvalue weighted by Gasteiger charge is 2.10. The molecule has 108 valence electrons. The van der Waals surface area contributed by atoms with Crippen LogP contribution in [-0.2, 0) is 13.2 Å². The summed E-state index contributed by atoms with van der Waals surface area (Å²) in [6.07, 6.45) is 2.22. The van der Waals surface area contributed by atoms with Gasteiger partial charge in [0.05, 0.1) is 0 Å². The summed E-state index contributed by atoms with van der Waals surface area (Å²) in [4.78, 5) is 0. The quantitative estimate of drug-likeness (QED) is 0.665. The third kappa shape index (κ3) is 2.54. The van der Waals surface area contributed by atoms with Crippen LogP contribution in [0, 0.1) is 13.8 Å². The average Bonchev–Trinajstić information content (AvgIpc) is 2.86. The molecule has 0 aliphatic heterocycles. The fourth-order valence-electron chi connectivity index (χ4n) is 2.88. The SMILES string of the molecule is CCn1cc(COc2ccccc2C)c2c(C)cccc21. The van der Waals surface area contributed by atoms with Gasteiger partial charge in [0.1, 0.15) is 12.4 Å². The number of hydrogen-bond donors (Lipinski definition) is 0. The van der Waals surface area contributed by atoms with Crippen molar-refractivity contribution in [2.24, 2.45) is 0 Å². The van der Waals surface area contributed by atoms with Gasteiger partial charge in [-0.05, 0) is 44.0 Å². The van der Waals surface area contributed by atoms with E-state index in [0.29, 0.717) is 6.61 Å². The van der Waals surface area contributed by atoms with Gasteiger partial charge in [-0.2, -0.15) is 0 Å². The van der Waals surface area contributed by atoms with Gasteiger partial charge in [0, 0.05) is 29.2 Å². The highest BCUT2D eigenvalue weighted by molar-refractivity contribution is 5.87. The predicted octanol–water partition coefficient (Wildman–Crippen LogP) is 4.86. The van der Waals surface area contributed by atoms with E-state index < -0.39 is 0 Å². The van der Waals surface area contributed by atoms with Crippen molar-refractivity contribution in [3.8, 4) is 5.75 Å². The second-order valence-corrected chi connectivity index (χ2v) is 5.46. The number of aromatic nitrogens is 1. The van der Waals surface area contributed by atoms with Gasteiger partial charge in [0.25, 0.3) is 0 Å². The Kier molecular flexibility index (Phi) is 3.70. The van der Waals surface area contributed by atoms with Crippen molar-refractivity contribution >= 4 is 10.9 Å². The molecule has 3 aromatic rings. The van der Waals surface area contributed by atoms with E-state index in [4.69, 9.17) is 4.74 Å². The summed E-state index contributed by atoms with van der Waals surface area (Å²) in [6.45, 7) is 8.01. The normalized spacial score (nSPS) is 11.0. The molecular formula is C19H21NO. The van der Waals surface area contributed by atoms with Crippen molar-refractivity contribution in [1.82, 2.24) is 4.57 Å². The molecule has 0 spiro atoms. The first kappa shape index (κ1) is 13.7. The van der Waals surface area contributed by atoms with Crippen molar-refractivity contribution in [3.05, 3.63) is 65.4 Å². The minimum absolute atomic E-state index is 0.610. The van der Waals surface area contributed by atoms with Gasteiger partial charge >= 0.3 is 0 Å². The Morgan fingerprint density at radius 1 is 0.952 bits per heavy atom. The van der Waals surface area contributed by atoms with Crippen LogP contribution < -0.4 is 4.74 Å². The molecule has 2 nitrogen and oxygen atoms in total. The second kappa shape index (κ2) is 5.65. The molecule has 2 heteroatoms. The lowest BCUT2D eigenvalue weighted by Gasteiger charge is -2.08. The van der Waals surface area contributed by atoms with E-state index in [2.05, 4.69) is 55.8 Å². The van der Waals surface area contributed by atoms with E-state index in [1.807, 2.05) is 18.2 Å². The van der Waals surface area contributed by atoms with Crippen molar-refractivity contribution < 1.29 is 4.74 Å². The molecule has 0 amide bonds. The van der Waals surface area contributed by atoms with E-state index >= 15 is 0 Å². The summed E-state index contributed by atoms with van der Waals surface area (Å²) in [5.41, 5.74) is 5.03. The molecule has 0 radical (unpaired) electrons. The molecule has 0 unspecified atom stereocenters. The largest absolute Gasteiger partial charge is 0.489 e. The van der Waals surface area contributed by atoms with Crippen LogP contribution in [0.3, 0.4) is 0 Å².